The molecule has 0 atom stereocenters. The van der Waals surface area contributed by atoms with Crippen LogP contribution < -0.4 is 14.8 Å². The standard InChI is InChI=1S/C21H20N2O5S/c1-27-16-9-7-15(8-10-16)13-18-20(25)23(21(26)29-18)12-11-22-19(24)14-28-17-5-3-2-4-6-17/h2-10,13H,11-12,14H2,1H3,(H,22,24)/b18-13+. The van der Waals surface area contributed by atoms with Gasteiger partial charge in [-0.1, -0.05) is 30.3 Å². The van der Waals surface area contributed by atoms with E-state index in [1.165, 1.54) is 0 Å². The first-order valence-corrected chi connectivity index (χ1v) is 9.72. The van der Waals surface area contributed by atoms with E-state index in [4.69, 9.17) is 9.47 Å². The molecule has 1 N–H and O–H groups in total. The predicted molar refractivity (Wildman–Crippen MR) is 111 cm³/mol. The van der Waals surface area contributed by atoms with E-state index in [-0.39, 0.29) is 36.7 Å². The summed E-state index contributed by atoms with van der Waals surface area (Å²) in [5.41, 5.74) is 0.794. The van der Waals surface area contributed by atoms with Crippen LogP contribution >= 0.6 is 11.8 Å². The molecule has 0 bridgehead atoms. The predicted octanol–water partition coefficient (Wildman–Crippen LogP) is 2.93. The number of hydrogen-bond donors (Lipinski definition) is 1. The maximum Gasteiger partial charge on any atom is 0.293 e. The molecule has 29 heavy (non-hydrogen) atoms. The molecule has 3 rings (SSSR count). The number of para-hydroxylation sites is 1. The normalized spacial score (nSPS) is 14.9. The van der Waals surface area contributed by atoms with E-state index in [1.54, 1.807) is 49.6 Å². The van der Waals surface area contributed by atoms with Crippen molar-refractivity contribution in [3.05, 3.63) is 65.1 Å². The average molecular weight is 412 g/mol. The number of benzene rings is 2. The first-order valence-electron chi connectivity index (χ1n) is 8.91. The van der Waals surface area contributed by atoms with Crippen molar-refractivity contribution >= 4 is 34.9 Å². The fourth-order valence-electron chi connectivity index (χ4n) is 2.57. The zero-order chi connectivity index (χ0) is 20.6. The molecule has 2 aromatic carbocycles. The van der Waals surface area contributed by atoms with Gasteiger partial charge in [-0.25, -0.2) is 0 Å². The molecule has 0 aliphatic carbocycles. The summed E-state index contributed by atoms with van der Waals surface area (Å²) in [6.07, 6.45) is 1.66. The van der Waals surface area contributed by atoms with Crippen LogP contribution in [0.25, 0.3) is 6.08 Å². The van der Waals surface area contributed by atoms with Crippen molar-refractivity contribution in [1.29, 1.82) is 0 Å². The van der Waals surface area contributed by atoms with Crippen LogP contribution in [0.1, 0.15) is 5.56 Å². The summed E-state index contributed by atoms with van der Waals surface area (Å²) >= 11 is 0.883. The van der Waals surface area contributed by atoms with Gasteiger partial charge in [0.25, 0.3) is 17.1 Å². The molecule has 1 aliphatic heterocycles. The molecule has 0 aromatic heterocycles. The Morgan fingerprint density at radius 2 is 1.79 bits per heavy atom. The summed E-state index contributed by atoms with van der Waals surface area (Å²) in [6, 6.07) is 16.2. The van der Waals surface area contributed by atoms with Crippen LogP contribution in [0, 0.1) is 0 Å². The molecule has 1 heterocycles. The minimum absolute atomic E-state index is 0.0989. The maximum absolute atomic E-state index is 12.5. The summed E-state index contributed by atoms with van der Waals surface area (Å²) < 4.78 is 10.5. The highest BCUT2D eigenvalue weighted by Crippen LogP contribution is 2.32. The lowest BCUT2D eigenvalue weighted by Crippen LogP contribution is -2.38. The van der Waals surface area contributed by atoms with Crippen molar-refractivity contribution < 1.29 is 23.9 Å². The number of methoxy groups -OCH3 is 1. The molecule has 150 valence electrons. The van der Waals surface area contributed by atoms with E-state index in [0.717, 1.165) is 22.2 Å². The van der Waals surface area contributed by atoms with Crippen molar-refractivity contribution in [3.8, 4) is 11.5 Å². The molecule has 0 spiro atoms. The smallest absolute Gasteiger partial charge is 0.293 e. The molecule has 0 saturated carbocycles. The number of carbonyl (C=O) groups excluding carboxylic acids is 3. The van der Waals surface area contributed by atoms with E-state index in [1.807, 2.05) is 18.2 Å². The maximum atomic E-state index is 12.5. The van der Waals surface area contributed by atoms with Gasteiger partial charge in [0, 0.05) is 13.1 Å². The van der Waals surface area contributed by atoms with E-state index >= 15 is 0 Å². The first kappa shape index (κ1) is 20.5. The number of ether oxygens (including phenoxy) is 2. The Bertz CT molecular complexity index is 912. The Balaban J connectivity index is 1.48. The Labute approximate surface area is 172 Å². The topological polar surface area (TPSA) is 84.9 Å². The Hall–Kier alpha value is -3.26. The van der Waals surface area contributed by atoms with Crippen molar-refractivity contribution in [3.63, 3.8) is 0 Å². The lowest BCUT2D eigenvalue weighted by atomic mass is 10.2. The van der Waals surface area contributed by atoms with Gasteiger partial charge in [0.1, 0.15) is 11.5 Å². The zero-order valence-electron chi connectivity index (χ0n) is 15.8. The minimum Gasteiger partial charge on any atom is -0.497 e. The van der Waals surface area contributed by atoms with Crippen LogP contribution in [-0.4, -0.2) is 48.8 Å². The summed E-state index contributed by atoms with van der Waals surface area (Å²) in [4.78, 5) is 38.0. The Morgan fingerprint density at radius 3 is 2.48 bits per heavy atom. The third kappa shape index (κ3) is 5.61. The molecule has 3 amide bonds. The van der Waals surface area contributed by atoms with Gasteiger partial charge in [-0.2, -0.15) is 0 Å². The van der Waals surface area contributed by atoms with Crippen molar-refractivity contribution in [2.24, 2.45) is 0 Å². The molecule has 0 radical (unpaired) electrons. The number of nitrogens with zero attached hydrogens (tertiary/aromatic N) is 1. The highest BCUT2D eigenvalue weighted by molar-refractivity contribution is 8.18. The van der Waals surface area contributed by atoms with E-state index in [0.29, 0.717) is 16.4 Å². The Kier molecular flexibility index (Phi) is 6.91. The SMILES string of the molecule is COc1ccc(/C=C2/SC(=O)N(CCNC(=O)COc3ccccc3)C2=O)cc1. The quantitative estimate of drug-likeness (QED) is 0.671. The summed E-state index contributed by atoms with van der Waals surface area (Å²) in [6.45, 7) is 0.121. The van der Waals surface area contributed by atoms with Gasteiger partial charge in [0.15, 0.2) is 6.61 Å². The highest BCUT2D eigenvalue weighted by Gasteiger charge is 2.34. The largest absolute Gasteiger partial charge is 0.497 e. The lowest BCUT2D eigenvalue weighted by molar-refractivity contribution is -0.125. The van der Waals surface area contributed by atoms with Crippen LogP contribution in [-0.2, 0) is 9.59 Å². The summed E-state index contributed by atoms with van der Waals surface area (Å²) in [5, 5.41) is 2.29. The van der Waals surface area contributed by atoms with Crippen molar-refractivity contribution in [1.82, 2.24) is 10.2 Å². The van der Waals surface area contributed by atoms with E-state index in [2.05, 4.69) is 5.32 Å². The number of nitrogens with one attached hydrogen (secondary N) is 1. The monoisotopic (exact) mass is 412 g/mol. The van der Waals surface area contributed by atoms with Crippen LogP contribution in [0.3, 0.4) is 0 Å². The first-order chi connectivity index (χ1) is 14.1. The summed E-state index contributed by atoms with van der Waals surface area (Å²) in [5.74, 6) is 0.611. The van der Waals surface area contributed by atoms with Gasteiger partial charge in [-0.15, -0.1) is 0 Å². The molecule has 2 aromatic rings. The lowest BCUT2D eigenvalue weighted by Gasteiger charge is -2.13. The van der Waals surface area contributed by atoms with E-state index in [9.17, 15) is 14.4 Å². The average Bonchev–Trinajstić information content (AvgIpc) is 3.01. The number of hydrogen-bond acceptors (Lipinski definition) is 6. The van der Waals surface area contributed by atoms with Crippen LogP contribution in [0.15, 0.2) is 59.5 Å². The zero-order valence-corrected chi connectivity index (χ0v) is 16.6. The second-order valence-electron chi connectivity index (χ2n) is 6.06. The van der Waals surface area contributed by atoms with Crippen LogP contribution in [0.4, 0.5) is 4.79 Å². The van der Waals surface area contributed by atoms with E-state index < -0.39 is 0 Å². The number of amides is 3. The van der Waals surface area contributed by atoms with Gasteiger partial charge in [-0.3, -0.25) is 19.3 Å². The van der Waals surface area contributed by atoms with Gasteiger partial charge in [0.2, 0.25) is 0 Å². The third-order valence-electron chi connectivity index (χ3n) is 4.06. The molecule has 7 nitrogen and oxygen atoms in total. The van der Waals surface area contributed by atoms with Crippen LogP contribution in [0.5, 0.6) is 11.5 Å². The van der Waals surface area contributed by atoms with Crippen LogP contribution in [0.2, 0.25) is 0 Å². The Morgan fingerprint density at radius 1 is 1.07 bits per heavy atom. The summed E-state index contributed by atoms with van der Waals surface area (Å²) in [7, 11) is 1.58. The highest BCUT2D eigenvalue weighted by atomic mass is 32.2. The molecular formula is C21H20N2O5S. The second-order valence-corrected chi connectivity index (χ2v) is 7.05. The number of imide groups is 1. The molecule has 1 saturated heterocycles. The number of thioether (sulfide) groups is 1. The molecule has 0 unspecified atom stereocenters. The second kappa shape index (κ2) is 9.79. The molecule has 1 aliphatic rings. The van der Waals surface area contributed by atoms with Crippen molar-refractivity contribution in [2.75, 3.05) is 26.8 Å². The minimum atomic E-state index is -0.370. The third-order valence-corrected chi connectivity index (χ3v) is 4.97. The van der Waals surface area contributed by atoms with Crippen molar-refractivity contribution in [2.45, 2.75) is 0 Å². The number of rotatable bonds is 8. The molecule has 8 heteroatoms. The van der Waals surface area contributed by atoms with Gasteiger partial charge in [0.05, 0.1) is 12.0 Å². The van der Waals surface area contributed by atoms with Gasteiger partial charge >= 0.3 is 0 Å². The molecular weight excluding hydrogens is 392 g/mol. The number of carbonyl (C=O) groups is 3. The van der Waals surface area contributed by atoms with Gasteiger partial charge < -0.3 is 14.8 Å². The fraction of sp³-hybridized carbons (Fsp3) is 0.190. The molecule has 1 fully saturated rings. The van der Waals surface area contributed by atoms with Gasteiger partial charge in [-0.05, 0) is 47.7 Å². The fourth-order valence-corrected chi connectivity index (χ4v) is 3.43.